The second-order valence-electron chi connectivity index (χ2n) is 5.07. The Kier molecular flexibility index (Phi) is 4.27. The Morgan fingerprint density at radius 1 is 1.08 bits per heavy atom. The van der Waals surface area contributed by atoms with Gasteiger partial charge in [0.15, 0.2) is 17.5 Å². The molecule has 0 aliphatic heterocycles. The largest absolute Gasteiger partial charge is 0.344 e. The van der Waals surface area contributed by atoms with Crippen molar-refractivity contribution >= 4 is 17.6 Å². The van der Waals surface area contributed by atoms with Crippen molar-refractivity contribution in [2.75, 3.05) is 10.6 Å². The number of imidazole rings is 1. The molecule has 124 valence electrons. The Morgan fingerprint density at radius 2 is 1.83 bits per heavy atom. The Labute approximate surface area is 136 Å². The Hall–Kier alpha value is -3.17. The fourth-order valence-electron chi connectivity index (χ4n) is 1.93. The molecule has 0 aliphatic rings. The van der Waals surface area contributed by atoms with Crippen molar-refractivity contribution in [3.63, 3.8) is 0 Å². The van der Waals surface area contributed by atoms with Gasteiger partial charge >= 0.3 is 0 Å². The van der Waals surface area contributed by atoms with E-state index in [1.807, 2.05) is 0 Å². The highest BCUT2D eigenvalue weighted by Gasteiger charge is 2.13. The lowest BCUT2D eigenvalue weighted by atomic mass is 10.3. The molecule has 0 saturated heterocycles. The summed E-state index contributed by atoms with van der Waals surface area (Å²) < 4.78 is 28.4. The first-order valence-corrected chi connectivity index (χ1v) is 7.03. The average Bonchev–Trinajstić information content (AvgIpc) is 2.96. The summed E-state index contributed by atoms with van der Waals surface area (Å²) in [5.41, 5.74) is 0. The van der Waals surface area contributed by atoms with Gasteiger partial charge in [0.05, 0.1) is 31.0 Å². The van der Waals surface area contributed by atoms with E-state index in [0.717, 1.165) is 18.6 Å². The lowest BCUT2D eigenvalue weighted by molar-refractivity contribution is 0.603. The molecule has 0 fully saturated rings. The van der Waals surface area contributed by atoms with E-state index in [-0.39, 0.29) is 11.8 Å². The maximum Gasteiger partial charge on any atom is 0.225 e. The summed E-state index contributed by atoms with van der Waals surface area (Å²) in [5.74, 6) is -0.157. The molecular formula is C14H14F2N8. The summed E-state index contributed by atoms with van der Waals surface area (Å²) in [7, 11) is 1.80. The first-order chi connectivity index (χ1) is 11.5. The van der Waals surface area contributed by atoms with Crippen LogP contribution in [0.2, 0.25) is 0 Å². The summed E-state index contributed by atoms with van der Waals surface area (Å²) in [6, 6.07) is -0.390. The fourth-order valence-corrected chi connectivity index (χ4v) is 1.93. The van der Waals surface area contributed by atoms with Crippen LogP contribution in [0.15, 0.2) is 31.1 Å². The molecule has 3 rings (SSSR count). The molecular weight excluding hydrogens is 318 g/mol. The highest BCUT2D eigenvalue weighted by Crippen LogP contribution is 2.19. The molecule has 10 heteroatoms. The zero-order valence-corrected chi connectivity index (χ0v) is 12.9. The zero-order chi connectivity index (χ0) is 17.1. The van der Waals surface area contributed by atoms with Crippen LogP contribution in [0, 0.1) is 11.6 Å². The topological polar surface area (TPSA) is 93.4 Å². The molecule has 0 bridgehead atoms. The van der Waals surface area contributed by atoms with Crippen molar-refractivity contribution in [2.45, 2.75) is 13.0 Å². The van der Waals surface area contributed by atoms with Gasteiger partial charge in [0.25, 0.3) is 0 Å². The molecule has 3 aromatic rings. The van der Waals surface area contributed by atoms with Gasteiger partial charge in [-0.15, -0.1) is 0 Å². The van der Waals surface area contributed by atoms with E-state index >= 15 is 0 Å². The summed E-state index contributed by atoms with van der Waals surface area (Å²) >= 11 is 0. The predicted octanol–water partition coefficient (Wildman–Crippen LogP) is 2.19. The Morgan fingerprint density at radius 3 is 2.50 bits per heavy atom. The summed E-state index contributed by atoms with van der Waals surface area (Å²) in [5, 5.41) is 5.71. The number of anilines is 3. The van der Waals surface area contributed by atoms with E-state index in [2.05, 4.69) is 35.6 Å². The molecule has 0 aliphatic carbocycles. The molecule has 8 nitrogen and oxygen atoms in total. The zero-order valence-electron chi connectivity index (χ0n) is 12.9. The van der Waals surface area contributed by atoms with Crippen LogP contribution in [0.5, 0.6) is 0 Å². The number of aryl methyl sites for hydroxylation is 1. The number of hydrogen-bond acceptors (Lipinski definition) is 7. The minimum absolute atomic E-state index is 0.0153. The molecule has 24 heavy (non-hydrogen) atoms. The van der Waals surface area contributed by atoms with Gasteiger partial charge in [0.2, 0.25) is 5.95 Å². The molecule has 0 aromatic carbocycles. The SMILES string of the molecule is C[C@H](Nc1ncc(F)c(Nc2cn(C)cn2)n1)c1ncc(F)cn1. The minimum atomic E-state index is -0.614. The van der Waals surface area contributed by atoms with Crippen LogP contribution in [-0.4, -0.2) is 29.5 Å². The molecule has 0 radical (unpaired) electrons. The first kappa shape index (κ1) is 15.7. The van der Waals surface area contributed by atoms with Gasteiger partial charge in [-0.3, -0.25) is 0 Å². The van der Waals surface area contributed by atoms with E-state index in [9.17, 15) is 8.78 Å². The lowest BCUT2D eigenvalue weighted by Gasteiger charge is -2.13. The van der Waals surface area contributed by atoms with Gasteiger partial charge < -0.3 is 15.2 Å². The quantitative estimate of drug-likeness (QED) is 0.739. The van der Waals surface area contributed by atoms with Crippen molar-refractivity contribution in [1.82, 2.24) is 29.5 Å². The highest BCUT2D eigenvalue weighted by molar-refractivity contribution is 5.52. The third-order valence-electron chi connectivity index (χ3n) is 3.07. The third kappa shape index (κ3) is 3.59. The summed E-state index contributed by atoms with van der Waals surface area (Å²) in [6.07, 6.45) is 6.44. The number of hydrogen-bond donors (Lipinski definition) is 2. The van der Waals surface area contributed by atoms with E-state index in [0.29, 0.717) is 11.6 Å². The number of halogens is 2. The fraction of sp³-hybridized carbons (Fsp3) is 0.214. The number of aromatic nitrogens is 6. The van der Waals surface area contributed by atoms with Crippen LogP contribution in [0.3, 0.4) is 0 Å². The molecule has 3 aromatic heterocycles. The van der Waals surface area contributed by atoms with Gasteiger partial charge in [0, 0.05) is 13.2 Å². The number of nitrogens with zero attached hydrogens (tertiary/aromatic N) is 6. The van der Waals surface area contributed by atoms with Crippen molar-refractivity contribution < 1.29 is 8.78 Å². The van der Waals surface area contributed by atoms with Gasteiger partial charge in [0.1, 0.15) is 11.6 Å². The molecule has 0 amide bonds. The second kappa shape index (κ2) is 6.52. The maximum absolute atomic E-state index is 13.9. The van der Waals surface area contributed by atoms with Gasteiger partial charge in [-0.05, 0) is 6.92 Å². The highest BCUT2D eigenvalue weighted by atomic mass is 19.1. The van der Waals surface area contributed by atoms with Crippen LogP contribution in [0.25, 0.3) is 0 Å². The summed E-state index contributed by atoms with van der Waals surface area (Å²) in [6.45, 7) is 1.76. The van der Waals surface area contributed by atoms with Gasteiger partial charge in [-0.25, -0.2) is 28.7 Å². The van der Waals surface area contributed by atoms with Crippen molar-refractivity contribution in [3.05, 3.63) is 48.6 Å². The molecule has 2 N–H and O–H groups in total. The maximum atomic E-state index is 13.9. The molecule has 0 spiro atoms. The standard InChI is InChI=1S/C14H14F2N8/c1-8(12-17-3-9(15)4-18-12)21-14-19-5-10(16)13(23-14)22-11-6-24(2)7-20-11/h3-8H,1-2H3,(H2,19,21,22,23)/t8-/m0/s1. The van der Waals surface area contributed by atoms with E-state index < -0.39 is 17.7 Å². The second-order valence-corrected chi connectivity index (χ2v) is 5.07. The van der Waals surface area contributed by atoms with E-state index in [1.54, 1.807) is 31.1 Å². The van der Waals surface area contributed by atoms with Crippen LogP contribution < -0.4 is 10.6 Å². The molecule has 0 saturated carbocycles. The third-order valence-corrected chi connectivity index (χ3v) is 3.07. The number of rotatable bonds is 5. The van der Waals surface area contributed by atoms with Crippen molar-refractivity contribution in [1.29, 1.82) is 0 Å². The predicted molar refractivity (Wildman–Crippen MR) is 82.5 cm³/mol. The normalized spacial score (nSPS) is 12.0. The van der Waals surface area contributed by atoms with E-state index in [4.69, 9.17) is 0 Å². The summed E-state index contributed by atoms with van der Waals surface area (Å²) in [4.78, 5) is 19.8. The number of nitrogens with one attached hydrogen (secondary N) is 2. The van der Waals surface area contributed by atoms with E-state index in [1.165, 1.54) is 0 Å². The van der Waals surface area contributed by atoms with Crippen LogP contribution >= 0.6 is 0 Å². The molecule has 1 atom stereocenters. The minimum Gasteiger partial charge on any atom is -0.344 e. The molecule has 0 unspecified atom stereocenters. The lowest BCUT2D eigenvalue weighted by Crippen LogP contribution is -2.13. The monoisotopic (exact) mass is 332 g/mol. The first-order valence-electron chi connectivity index (χ1n) is 7.03. The van der Waals surface area contributed by atoms with Gasteiger partial charge in [-0.1, -0.05) is 0 Å². The smallest absolute Gasteiger partial charge is 0.225 e. The average molecular weight is 332 g/mol. The van der Waals surface area contributed by atoms with Gasteiger partial charge in [-0.2, -0.15) is 4.98 Å². The Bertz CT molecular complexity index is 833. The molecule has 3 heterocycles. The van der Waals surface area contributed by atoms with Crippen molar-refractivity contribution in [3.8, 4) is 0 Å². The Balaban J connectivity index is 1.76. The van der Waals surface area contributed by atoms with Crippen LogP contribution in [0.1, 0.15) is 18.8 Å². The van der Waals surface area contributed by atoms with Crippen LogP contribution in [-0.2, 0) is 7.05 Å². The van der Waals surface area contributed by atoms with Crippen LogP contribution in [0.4, 0.5) is 26.4 Å². The van der Waals surface area contributed by atoms with Crippen molar-refractivity contribution in [2.24, 2.45) is 7.05 Å².